The second kappa shape index (κ2) is 24.8. The number of azo groups is 3. The average Bonchev–Trinajstić information content (AvgIpc) is 3.41. The van der Waals surface area contributed by atoms with Gasteiger partial charge in [0, 0.05) is 43.1 Å². The third-order valence-corrected chi connectivity index (χ3v) is 14.8. The molecule has 1 aromatic heterocycles. The second-order valence-electron chi connectivity index (χ2n) is 14.6. The summed E-state index contributed by atoms with van der Waals surface area (Å²) < 4.78 is 89.1. The van der Waals surface area contributed by atoms with E-state index in [1.54, 1.807) is 54.6 Å². The van der Waals surface area contributed by atoms with Crippen LogP contribution in [0.2, 0.25) is 0 Å². The number of nitrogens with zero attached hydrogens (tertiary/aromatic N) is 9. The number of aromatic hydroxyl groups is 1. The number of ether oxygens (including phenoxy) is 1. The molecule has 7 aromatic carbocycles. The molecule has 0 aliphatic rings. The number of benzene rings is 7. The zero-order valence-corrected chi connectivity index (χ0v) is 44.0. The first-order valence-corrected chi connectivity index (χ1v) is 28.0. The number of thioether (sulfide) groups is 2. The van der Waals surface area contributed by atoms with Crippen molar-refractivity contribution >= 4 is 158 Å². The van der Waals surface area contributed by atoms with Gasteiger partial charge in [0.25, 0.3) is 20.2 Å². The number of nitrogens with one attached hydrogen (secondary N) is 1. The molecular weight excluding hydrogens is 1140 g/mol. The Bertz CT molecular complexity index is 3830. The lowest BCUT2D eigenvalue weighted by atomic mass is 10.1. The van der Waals surface area contributed by atoms with Gasteiger partial charge in [0.2, 0.25) is 5.95 Å². The summed E-state index contributed by atoms with van der Waals surface area (Å²) in [6.45, 7) is 0. The Morgan fingerprint density at radius 2 is 1.14 bits per heavy atom. The molecule has 394 valence electrons. The normalized spacial score (nSPS) is 12.4. The van der Waals surface area contributed by atoms with Crippen molar-refractivity contribution < 1.29 is 79.7 Å². The molecule has 8 rings (SSSR count). The molecule has 0 aliphatic heterocycles. The molecule has 0 atom stereocenters. The number of hydrogen-bond donors (Lipinski definition) is 7. The second-order valence-corrected chi connectivity index (χ2v) is 21.2. The minimum absolute atomic E-state index is 0.0483. The molecule has 0 fully saturated rings. The van der Waals surface area contributed by atoms with Gasteiger partial charge in [-0.2, -0.15) is 36.9 Å². The first kappa shape index (κ1) is 56.0. The van der Waals surface area contributed by atoms with Crippen LogP contribution in [0.15, 0.2) is 163 Å². The Morgan fingerprint density at radius 1 is 0.539 bits per heavy atom. The fourth-order valence-corrected chi connectivity index (χ4v) is 10.5. The van der Waals surface area contributed by atoms with E-state index in [1.807, 2.05) is 12.5 Å². The van der Waals surface area contributed by atoms with Crippen LogP contribution < -0.4 is 10.1 Å². The average molecular weight is 1170 g/mol. The molecular formula is C42H32N10O17S7. The highest BCUT2D eigenvalue weighted by Crippen LogP contribution is 2.46. The summed E-state index contributed by atoms with van der Waals surface area (Å²) in [5.74, 6) is 0.125. The van der Waals surface area contributed by atoms with Crippen LogP contribution >= 0.6 is 59.7 Å². The van der Waals surface area contributed by atoms with Gasteiger partial charge in [0.1, 0.15) is 32.6 Å². The molecule has 8 aromatic rings. The predicted molar refractivity (Wildman–Crippen MR) is 277 cm³/mol. The summed E-state index contributed by atoms with van der Waals surface area (Å²) in [5, 5.41) is 80.6. The number of anilines is 2. The Labute approximate surface area is 448 Å². The van der Waals surface area contributed by atoms with Crippen molar-refractivity contribution in [3.63, 3.8) is 0 Å². The van der Waals surface area contributed by atoms with E-state index in [4.69, 9.17) is 24.8 Å². The van der Waals surface area contributed by atoms with Crippen molar-refractivity contribution in [1.29, 1.82) is 0 Å². The van der Waals surface area contributed by atoms with E-state index >= 15 is 0 Å². The molecule has 0 spiro atoms. The number of hydrogen-bond acceptors (Lipinski definition) is 30. The smallest absolute Gasteiger partial charge is 0.296 e. The van der Waals surface area contributed by atoms with Crippen LogP contribution in [0.4, 0.5) is 45.8 Å². The third-order valence-electron chi connectivity index (χ3n) is 10.2. The summed E-state index contributed by atoms with van der Waals surface area (Å²) in [5.41, 5.74) is 0.803. The van der Waals surface area contributed by atoms with Gasteiger partial charge >= 0.3 is 0 Å². The van der Waals surface area contributed by atoms with Crippen molar-refractivity contribution in [1.82, 2.24) is 15.0 Å². The molecule has 27 nitrogen and oxygen atoms in total. The van der Waals surface area contributed by atoms with Crippen LogP contribution in [0, 0.1) is 0 Å². The van der Waals surface area contributed by atoms with Crippen LogP contribution in [0.25, 0.3) is 32.3 Å². The summed E-state index contributed by atoms with van der Waals surface area (Å²) in [4.78, 5) is 12.3. The topological polar surface area (TPSA) is 379 Å². The summed E-state index contributed by atoms with van der Waals surface area (Å²) >= 11 is 4.27. The molecule has 0 unspecified atom stereocenters. The fourth-order valence-electron chi connectivity index (χ4n) is 6.98. The van der Waals surface area contributed by atoms with Gasteiger partial charge < -0.3 is 15.2 Å². The lowest BCUT2D eigenvalue weighted by Crippen LogP contribution is -2.02. The van der Waals surface area contributed by atoms with Crippen LogP contribution in [-0.2, 0) is 48.4 Å². The molecule has 34 heteroatoms. The third kappa shape index (κ3) is 13.3. The number of fused-ring (bicyclic) bond motifs is 3. The molecule has 0 aliphatic carbocycles. The van der Waals surface area contributed by atoms with E-state index < -0.39 is 35.7 Å². The quantitative estimate of drug-likeness (QED) is 0.00827. The maximum atomic E-state index is 12.5. The minimum atomic E-state index is -5.02. The van der Waals surface area contributed by atoms with E-state index in [2.05, 4.69) is 74.7 Å². The lowest BCUT2D eigenvalue weighted by molar-refractivity contribution is -0.432. The molecule has 1 heterocycles. The van der Waals surface area contributed by atoms with E-state index in [0.29, 0.717) is 84.5 Å². The molecule has 0 amide bonds. The van der Waals surface area contributed by atoms with Gasteiger partial charge in [-0.25, -0.2) is 15.8 Å². The molecule has 7 N–H and O–H groups in total. The first-order chi connectivity index (χ1) is 36.5. The number of rotatable bonds is 22. The van der Waals surface area contributed by atoms with Crippen LogP contribution in [0.3, 0.4) is 0 Å². The molecule has 0 bridgehead atoms. The monoisotopic (exact) mass is 1170 g/mol. The van der Waals surface area contributed by atoms with Gasteiger partial charge in [-0.15, -0.1) is 38.6 Å². The highest BCUT2D eigenvalue weighted by atomic mass is 32.2. The van der Waals surface area contributed by atoms with Crippen LogP contribution in [-0.4, -0.2) is 81.4 Å². The molecule has 76 heavy (non-hydrogen) atoms. The zero-order valence-electron chi connectivity index (χ0n) is 38.3. The zero-order chi connectivity index (χ0) is 54.1. The number of phenols is 1. The van der Waals surface area contributed by atoms with E-state index in [0.717, 1.165) is 18.2 Å². The van der Waals surface area contributed by atoms with Crippen LogP contribution in [0.5, 0.6) is 11.5 Å². The minimum Gasteiger partial charge on any atom is -0.505 e. The van der Waals surface area contributed by atoms with E-state index in [1.165, 1.54) is 54.9 Å². The number of phenolic OH excluding ortho intramolecular Hbond substituents is 1. The number of methoxy groups -OCH3 is 1. The maximum Gasteiger partial charge on any atom is 0.296 e. The van der Waals surface area contributed by atoms with Crippen molar-refractivity contribution in [2.45, 2.75) is 34.8 Å². The summed E-state index contributed by atoms with van der Waals surface area (Å²) in [6.07, 6.45) is 3.69. The van der Waals surface area contributed by atoms with Crippen LogP contribution in [0.1, 0.15) is 0 Å². The standard InChI is InChI=1S/C42H32N10O17S7/c1-63-34-16-23(47-51-33-19-28-21(15-37(33)76(60,61)62)13-25(73-68-65-55)18-36(28)75(57,58)59)5-9-32(34)50-48-31-11-10-30(27-8-6-24(17-29(27)31)72-67-64-54)49-52-38-35(74-69-66-56)14-20-12-22(4-7-26(20)39(38)53)43-40-44-41(70-2)46-42(45-40)71-3/h4-19,53-56H,1-3H3,(H,57,58,59)(H,60,61,62)(H,43,44,45,46). The van der Waals surface area contributed by atoms with Gasteiger partial charge in [-0.3, -0.25) is 9.11 Å². The summed E-state index contributed by atoms with van der Waals surface area (Å²) in [7, 11) is -8.65. The maximum absolute atomic E-state index is 12.5. The summed E-state index contributed by atoms with van der Waals surface area (Å²) in [6, 6.07) is 23.0. The first-order valence-electron chi connectivity index (χ1n) is 20.5. The highest BCUT2D eigenvalue weighted by Gasteiger charge is 2.23. The van der Waals surface area contributed by atoms with Crippen molar-refractivity contribution in [3.05, 3.63) is 97.1 Å². The van der Waals surface area contributed by atoms with Gasteiger partial charge in [-0.1, -0.05) is 44.7 Å². The van der Waals surface area contributed by atoms with Gasteiger partial charge in [0.05, 0.1) is 65.2 Å². The Hall–Kier alpha value is -6.26. The fraction of sp³-hybridized carbons (Fsp3) is 0.0714. The van der Waals surface area contributed by atoms with Gasteiger partial charge in [0.15, 0.2) is 16.1 Å². The predicted octanol–water partition coefficient (Wildman–Crippen LogP) is 13.3. The largest absolute Gasteiger partial charge is 0.505 e. The Morgan fingerprint density at radius 3 is 1.82 bits per heavy atom. The highest BCUT2D eigenvalue weighted by molar-refractivity contribution is 7.99. The number of aromatic nitrogens is 3. The van der Waals surface area contributed by atoms with Gasteiger partial charge in [-0.05, 0) is 108 Å². The lowest BCUT2D eigenvalue weighted by Gasteiger charge is -2.12. The van der Waals surface area contributed by atoms with Crippen molar-refractivity contribution in [3.8, 4) is 11.5 Å². The van der Waals surface area contributed by atoms with Crippen molar-refractivity contribution in [2.75, 3.05) is 24.9 Å². The Balaban J connectivity index is 1.11. The SMILES string of the molecule is COc1cc(N=Nc2cc3c(S(=O)(=O)O)cc(SOOO)cc3cc2S(=O)(=O)O)ccc1N=Nc1ccc(N=Nc2c(SOOO)cc3cc(Nc4nc(SC)nc(SC)n4)ccc3c2O)c2ccc(SOOO)cc12. The van der Waals surface area contributed by atoms with Crippen molar-refractivity contribution in [2.24, 2.45) is 30.7 Å². The van der Waals surface area contributed by atoms with E-state index in [9.17, 15) is 31.0 Å². The molecule has 0 saturated heterocycles. The van der Waals surface area contributed by atoms with E-state index in [-0.39, 0.29) is 60.5 Å². The molecule has 0 radical (unpaired) electrons. The molecule has 0 saturated carbocycles. The Kier molecular flexibility index (Phi) is 18.3.